The van der Waals surface area contributed by atoms with Gasteiger partial charge in [-0.1, -0.05) is 0 Å². The van der Waals surface area contributed by atoms with Crippen LogP contribution in [0, 0.1) is 0 Å². The zero-order chi connectivity index (χ0) is 54.1. The minimum atomic E-state index is -4.64. The van der Waals surface area contributed by atoms with Crippen molar-refractivity contribution < 1.29 is 188 Å². The predicted octanol–water partition coefficient (Wildman–Crippen LogP) is -8.42. The number of carbonyl (C=O) groups is 12. The number of phosphoric acid groups is 2. The van der Waals surface area contributed by atoms with Gasteiger partial charge < -0.3 is 121 Å². The fraction of sp³-hybridized carbons (Fsp3) is 0.500. The Labute approximate surface area is 350 Å². The van der Waals surface area contributed by atoms with Crippen LogP contribution in [0.25, 0.3) is 0 Å². The largest absolute Gasteiger partial charge is 0.481 e. The Morgan fingerprint density at radius 2 is 0.453 bits per heavy atom. The van der Waals surface area contributed by atoms with E-state index in [0.29, 0.717) is 0 Å². The summed E-state index contributed by atoms with van der Waals surface area (Å²) in [6.07, 6.45) is -13.6. The van der Waals surface area contributed by atoms with E-state index in [0.717, 1.165) is 13.8 Å². The molecule has 0 fully saturated rings. The Morgan fingerprint density at radius 1 is 0.359 bits per heavy atom. The molecule has 0 aliphatic carbocycles. The highest BCUT2D eigenvalue weighted by Crippen LogP contribution is 2.26. The van der Waals surface area contributed by atoms with E-state index >= 15 is 0 Å². The van der Waals surface area contributed by atoms with E-state index in [-0.39, 0.29) is 0 Å². The van der Waals surface area contributed by atoms with Gasteiger partial charge in [0.15, 0.2) is 35.6 Å². The smallest absolute Gasteiger partial charge is 0.466 e. The van der Waals surface area contributed by atoms with Gasteiger partial charge in [-0.15, -0.1) is 0 Å². The second-order valence-electron chi connectivity index (χ2n) is 10.2. The molecule has 0 aromatic carbocycles. The number of aliphatic hydroxyl groups excluding tert-OH is 4. The van der Waals surface area contributed by atoms with Crippen LogP contribution in [0.4, 0.5) is 0 Å². The standard InChI is InChI=1S/2C6H8O7.2C4H6O6.2C2H4O2.2H3O4P/c2*7-3(8)1-6(13,5(11)12)2-4(9)10;2*5-1(3(7)8)2(6)4(9)10;2*1-2(3)4;2*1-5(2,3)4/h2*13H,1-2H2,(H,7,8)(H,9,10)(H,11,12);2*1-2,5-6H,(H,7,8)(H,9,10);2*1H3,(H,3,4);2*(H3,1,2,3,4). The van der Waals surface area contributed by atoms with E-state index in [1.54, 1.807) is 0 Å². The molecular weight excluding hydrogens is 958 g/mol. The Balaban J connectivity index is -0.0000000970. The summed E-state index contributed by atoms with van der Waals surface area (Å²) >= 11 is 0. The molecular formula is C24H42O38P2. The molecule has 0 saturated heterocycles. The molecule has 4 atom stereocenters. The Hall–Kier alpha value is -6.38. The monoisotopic (exact) mass is 1000 g/mol. The minimum absolute atomic E-state index is 0.833. The fourth-order valence-corrected chi connectivity index (χ4v) is 1.97. The average Bonchev–Trinajstić information content (AvgIpc) is 3.00. The summed E-state index contributed by atoms with van der Waals surface area (Å²) in [4.78, 5) is 161. The number of carboxylic acids is 12. The molecule has 0 spiro atoms. The first kappa shape index (κ1) is 75.0. The van der Waals surface area contributed by atoms with Crippen molar-refractivity contribution in [1.29, 1.82) is 0 Å². The molecule has 0 aromatic rings. The third-order valence-corrected chi connectivity index (χ3v) is 4.18. The van der Waals surface area contributed by atoms with Crippen LogP contribution >= 0.6 is 15.6 Å². The van der Waals surface area contributed by atoms with Gasteiger partial charge in [-0.25, -0.2) is 37.9 Å². The van der Waals surface area contributed by atoms with Gasteiger partial charge in [-0.05, 0) is 0 Å². The number of hydrogen-bond acceptors (Lipinski definition) is 20. The molecule has 38 nitrogen and oxygen atoms in total. The van der Waals surface area contributed by atoms with Crippen molar-refractivity contribution in [3.63, 3.8) is 0 Å². The molecule has 0 saturated carbocycles. The number of hydrogen-bond donors (Lipinski definition) is 24. The van der Waals surface area contributed by atoms with Crippen LogP contribution in [0.5, 0.6) is 0 Å². The van der Waals surface area contributed by atoms with Gasteiger partial charge in [0.05, 0.1) is 25.7 Å². The van der Waals surface area contributed by atoms with Gasteiger partial charge in [-0.2, -0.15) is 0 Å². The molecule has 0 heterocycles. The van der Waals surface area contributed by atoms with E-state index in [1.807, 2.05) is 0 Å². The third kappa shape index (κ3) is 67.4. The highest BCUT2D eigenvalue weighted by molar-refractivity contribution is 7.45. The van der Waals surface area contributed by atoms with Crippen LogP contribution in [0.2, 0.25) is 0 Å². The maximum absolute atomic E-state index is 10.3. The Bertz CT molecular complexity index is 1440. The molecule has 64 heavy (non-hydrogen) atoms. The molecule has 0 aliphatic heterocycles. The SMILES string of the molecule is CC(=O)O.CC(=O)O.O=C(O)C(O)C(O)C(=O)O.O=C(O)C(O)C(O)C(=O)O.O=C(O)CC(O)(CC(=O)O)C(=O)O.O=C(O)CC(O)(CC(=O)O)C(=O)O.O=P(O)(O)O.O=P(O)(O)O. The van der Waals surface area contributed by atoms with Crippen molar-refractivity contribution in [3.8, 4) is 0 Å². The first-order valence-corrected chi connectivity index (χ1v) is 17.5. The van der Waals surface area contributed by atoms with Crippen molar-refractivity contribution in [3.05, 3.63) is 0 Å². The summed E-state index contributed by atoms with van der Waals surface area (Å²) in [5, 5.41) is 148. The number of aliphatic carboxylic acids is 12. The summed E-state index contributed by atoms with van der Waals surface area (Å²) in [7, 11) is -9.28. The summed E-state index contributed by atoms with van der Waals surface area (Å²) in [6.45, 7) is 2.17. The maximum Gasteiger partial charge on any atom is 0.466 e. The Kier molecular flexibility index (Phi) is 42.4. The molecule has 4 unspecified atom stereocenters. The van der Waals surface area contributed by atoms with Gasteiger partial charge in [0.25, 0.3) is 11.9 Å². The zero-order valence-corrected chi connectivity index (χ0v) is 33.3. The van der Waals surface area contributed by atoms with Gasteiger partial charge in [0, 0.05) is 13.8 Å². The maximum atomic E-state index is 10.3. The molecule has 376 valence electrons. The lowest BCUT2D eigenvalue weighted by Gasteiger charge is -2.18. The number of aliphatic hydroxyl groups is 6. The van der Waals surface area contributed by atoms with E-state index < -0.39 is 149 Å². The van der Waals surface area contributed by atoms with Crippen molar-refractivity contribution in [2.45, 2.75) is 75.1 Å². The van der Waals surface area contributed by atoms with Crippen LogP contribution in [0.3, 0.4) is 0 Å². The second-order valence-corrected chi connectivity index (χ2v) is 12.2. The molecule has 0 aliphatic rings. The lowest BCUT2D eigenvalue weighted by Crippen LogP contribution is -2.42. The molecule has 0 amide bonds. The molecule has 24 N–H and O–H groups in total. The first-order valence-electron chi connectivity index (χ1n) is 14.3. The van der Waals surface area contributed by atoms with Gasteiger partial charge in [-0.3, -0.25) is 28.8 Å². The van der Waals surface area contributed by atoms with Gasteiger partial charge in [0.2, 0.25) is 0 Å². The second kappa shape index (κ2) is 36.1. The quantitative estimate of drug-likeness (QED) is 0.0639. The molecule has 40 heteroatoms. The van der Waals surface area contributed by atoms with Crippen LogP contribution in [0.1, 0.15) is 39.5 Å². The summed E-state index contributed by atoms with van der Waals surface area (Å²) in [5.41, 5.74) is -5.48. The summed E-state index contributed by atoms with van der Waals surface area (Å²) in [5.74, 6) is -18.8. The van der Waals surface area contributed by atoms with Crippen molar-refractivity contribution in [2.75, 3.05) is 0 Å². The topological polar surface area (TPSA) is 725 Å². The Morgan fingerprint density at radius 3 is 0.500 bits per heavy atom. The number of carboxylic acid groups (broad SMARTS) is 12. The molecule has 0 bridgehead atoms. The van der Waals surface area contributed by atoms with Crippen LogP contribution in [0.15, 0.2) is 0 Å². The predicted molar refractivity (Wildman–Crippen MR) is 184 cm³/mol. The normalized spacial score (nSPS) is 12.0. The summed E-state index contributed by atoms with van der Waals surface area (Å²) < 4.78 is 17.8. The highest BCUT2D eigenvalue weighted by atomic mass is 31.2. The highest BCUT2D eigenvalue weighted by Gasteiger charge is 2.41. The lowest BCUT2D eigenvalue weighted by molar-refractivity contribution is -0.170. The molecule has 0 radical (unpaired) electrons. The lowest BCUT2D eigenvalue weighted by atomic mass is 9.96. The number of rotatable bonds is 16. The average molecular weight is 1000 g/mol. The molecule has 0 rings (SSSR count). The van der Waals surface area contributed by atoms with Gasteiger partial charge in [0.1, 0.15) is 0 Å². The van der Waals surface area contributed by atoms with Crippen molar-refractivity contribution >= 4 is 87.3 Å². The van der Waals surface area contributed by atoms with E-state index in [2.05, 4.69) is 0 Å². The third-order valence-electron chi connectivity index (χ3n) is 4.18. The van der Waals surface area contributed by atoms with E-state index in [9.17, 15) is 47.9 Å². The summed E-state index contributed by atoms with van der Waals surface area (Å²) in [6, 6.07) is 0. The van der Waals surface area contributed by atoms with Gasteiger partial charge >= 0.3 is 75.3 Å². The van der Waals surface area contributed by atoms with Crippen LogP contribution < -0.4 is 0 Å². The zero-order valence-electron chi connectivity index (χ0n) is 31.5. The van der Waals surface area contributed by atoms with Crippen molar-refractivity contribution in [1.82, 2.24) is 0 Å². The van der Waals surface area contributed by atoms with E-state index in [4.69, 9.17) is 140 Å². The van der Waals surface area contributed by atoms with Crippen LogP contribution in [-0.4, -0.2) is 229 Å². The fourth-order valence-electron chi connectivity index (χ4n) is 1.97. The van der Waals surface area contributed by atoms with E-state index in [1.165, 1.54) is 0 Å². The minimum Gasteiger partial charge on any atom is -0.481 e. The van der Waals surface area contributed by atoms with Crippen LogP contribution in [-0.2, 0) is 66.7 Å². The molecule has 0 aromatic heterocycles. The van der Waals surface area contributed by atoms with Crippen molar-refractivity contribution in [2.24, 2.45) is 0 Å². The first-order chi connectivity index (χ1) is 27.9.